The Hall–Kier alpha value is -1.16. The summed E-state index contributed by atoms with van der Waals surface area (Å²) in [7, 11) is -7.39. The molecule has 2 aromatic carbocycles. The standard InChI is InChI=1S/C17H20Cl2N2O4S2/c1-2-15(21-27(24,25)17-9-5-14(19)6-10-17)11-12-20-26(22,23)16-7-3-13(18)4-8-16/h3-10,15,20-21H,2,11-12H2,1H3/t15-/m1/s1. The Bertz CT molecular complexity index is 961. The van der Waals surface area contributed by atoms with E-state index in [1.54, 1.807) is 0 Å². The quantitative estimate of drug-likeness (QED) is 0.611. The lowest BCUT2D eigenvalue weighted by atomic mass is 10.2. The molecule has 2 aromatic rings. The molecule has 27 heavy (non-hydrogen) atoms. The zero-order chi connectivity index (χ0) is 20.1. The molecule has 0 bridgehead atoms. The first-order valence-electron chi connectivity index (χ1n) is 8.17. The third-order valence-electron chi connectivity index (χ3n) is 3.85. The average molecular weight is 451 g/mol. The zero-order valence-corrected chi connectivity index (χ0v) is 17.7. The summed E-state index contributed by atoms with van der Waals surface area (Å²) in [5.41, 5.74) is 0. The van der Waals surface area contributed by atoms with Gasteiger partial charge in [-0.1, -0.05) is 30.1 Å². The molecule has 0 aliphatic rings. The third-order valence-corrected chi connectivity index (χ3v) is 7.36. The van der Waals surface area contributed by atoms with Crippen LogP contribution in [0.15, 0.2) is 58.3 Å². The van der Waals surface area contributed by atoms with Crippen molar-refractivity contribution in [3.63, 3.8) is 0 Å². The monoisotopic (exact) mass is 450 g/mol. The summed E-state index contributed by atoms with van der Waals surface area (Å²) < 4.78 is 54.4. The maximum atomic E-state index is 12.4. The molecule has 0 aliphatic carbocycles. The van der Waals surface area contributed by atoms with Gasteiger partial charge in [0.2, 0.25) is 20.0 Å². The normalized spacial score (nSPS) is 13.4. The van der Waals surface area contributed by atoms with Crippen molar-refractivity contribution in [1.29, 1.82) is 0 Å². The lowest BCUT2D eigenvalue weighted by molar-refractivity contribution is 0.511. The van der Waals surface area contributed by atoms with E-state index < -0.39 is 26.1 Å². The Morgan fingerprint density at radius 3 is 1.70 bits per heavy atom. The number of nitrogens with one attached hydrogen (secondary N) is 2. The number of hydrogen-bond acceptors (Lipinski definition) is 4. The molecule has 0 amide bonds. The van der Waals surface area contributed by atoms with Gasteiger partial charge in [0.1, 0.15) is 0 Å². The number of hydrogen-bond donors (Lipinski definition) is 2. The highest BCUT2D eigenvalue weighted by Gasteiger charge is 2.20. The molecule has 0 aromatic heterocycles. The Balaban J connectivity index is 1.97. The van der Waals surface area contributed by atoms with E-state index in [0.29, 0.717) is 22.9 Å². The minimum absolute atomic E-state index is 0.0899. The number of sulfonamides is 2. The van der Waals surface area contributed by atoms with Crippen molar-refractivity contribution in [2.24, 2.45) is 0 Å². The number of halogens is 2. The van der Waals surface area contributed by atoms with Crippen LogP contribution in [0.4, 0.5) is 0 Å². The third kappa shape index (κ3) is 6.44. The summed E-state index contributed by atoms with van der Waals surface area (Å²) in [6, 6.07) is 11.2. The molecular weight excluding hydrogens is 431 g/mol. The van der Waals surface area contributed by atoms with Crippen LogP contribution < -0.4 is 9.44 Å². The van der Waals surface area contributed by atoms with E-state index in [9.17, 15) is 16.8 Å². The van der Waals surface area contributed by atoms with Crippen molar-refractivity contribution in [3.05, 3.63) is 58.6 Å². The fourth-order valence-electron chi connectivity index (χ4n) is 2.31. The van der Waals surface area contributed by atoms with Crippen molar-refractivity contribution < 1.29 is 16.8 Å². The van der Waals surface area contributed by atoms with E-state index in [4.69, 9.17) is 23.2 Å². The molecule has 0 unspecified atom stereocenters. The van der Waals surface area contributed by atoms with E-state index in [1.807, 2.05) is 6.92 Å². The minimum Gasteiger partial charge on any atom is -0.211 e. The van der Waals surface area contributed by atoms with E-state index in [2.05, 4.69) is 9.44 Å². The Morgan fingerprint density at radius 1 is 0.815 bits per heavy atom. The van der Waals surface area contributed by atoms with E-state index in [-0.39, 0.29) is 16.3 Å². The van der Waals surface area contributed by atoms with Gasteiger partial charge in [0.25, 0.3) is 0 Å². The molecule has 1 atom stereocenters. The minimum atomic E-state index is -3.71. The maximum Gasteiger partial charge on any atom is 0.240 e. The van der Waals surface area contributed by atoms with Gasteiger partial charge >= 0.3 is 0 Å². The van der Waals surface area contributed by atoms with Gasteiger partial charge in [-0.3, -0.25) is 0 Å². The van der Waals surface area contributed by atoms with E-state index in [0.717, 1.165) is 0 Å². The topological polar surface area (TPSA) is 92.3 Å². The fourth-order valence-corrected chi connectivity index (χ4v) is 4.97. The predicted octanol–water partition coefficient (Wildman–Crippen LogP) is 3.42. The summed E-state index contributed by atoms with van der Waals surface area (Å²) in [5.74, 6) is 0. The first kappa shape index (κ1) is 22.1. The van der Waals surface area contributed by atoms with Gasteiger partial charge in [0.15, 0.2) is 0 Å². The molecule has 10 heteroatoms. The van der Waals surface area contributed by atoms with Gasteiger partial charge < -0.3 is 0 Å². The first-order valence-corrected chi connectivity index (χ1v) is 11.9. The summed E-state index contributed by atoms with van der Waals surface area (Å²) in [6.45, 7) is 1.91. The van der Waals surface area contributed by atoms with Gasteiger partial charge in [-0.25, -0.2) is 26.3 Å². The summed E-state index contributed by atoms with van der Waals surface area (Å²) in [5, 5.41) is 0.884. The summed E-state index contributed by atoms with van der Waals surface area (Å²) in [6.07, 6.45) is 0.811. The van der Waals surface area contributed by atoms with Crippen LogP contribution in [0.1, 0.15) is 19.8 Å². The molecule has 0 aliphatic heterocycles. The van der Waals surface area contributed by atoms with Crippen LogP contribution in [0.25, 0.3) is 0 Å². The lowest BCUT2D eigenvalue weighted by Gasteiger charge is -2.17. The first-order chi connectivity index (χ1) is 12.6. The highest BCUT2D eigenvalue weighted by atomic mass is 35.5. The number of benzene rings is 2. The van der Waals surface area contributed by atoms with E-state index >= 15 is 0 Å². The molecule has 0 spiro atoms. The largest absolute Gasteiger partial charge is 0.240 e. The highest BCUT2D eigenvalue weighted by molar-refractivity contribution is 7.89. The lowest BCUT2D eigenvalue weighted by Crippen LogP contribution is -2.37. The van der Waals surface area contributed by atoms with Crippen LogP contribution in [0.3, 0.4) is 0 Å². The molecule has 148 valence electrons. The van der Waals surface area contributed by atoms with Crippen LogP contribution in [0, 0.1) is 0 Å². The smallest absolute Gasteiger partial charge is 0.211 e. The number of rotatable bonds is 9. The SMILES string of the molecule is CC[C@H](CCNS(=O)(=O)c1ccc(Cl)cc1)NS(=O)(=O)c1ccc(Cl)cc1. The van der Waals surface area contributed by atoms with Crippen LogP contribution in [0.5, 0.6) is 0 Å². The van der Waals surface area contributed by atoms with Gasteiger partial charge in [-0.15, -0.1) is 0 Å². The molecule has 6 nitrogen and oxygen atoms in total. The Kier molecular flexibility index (Phi) is 7.67. The van der Waals surface area contributed by atoms with Crippen molar-refractivity contribution in [1.82, 2.24) is 9.44 Å². The molecule has 0 heterocycles. The summed E-state index contributed by atoms with van der Waals surface area (Å²) >= 11 is 11.5. The van der Waals surface area contributed by atoms with E-state index in [1.165, 1.54) is 48.5 Å². The van der Waals surface area contributed by atoms with Crippen molar-refractivity contribution in [3.8, 4) is 0 Å². The van der Waals surface area contributed by atoms with Crippen LogP contribution in [-0.2, 0) is 20.0 Å². The van der Waals surface area contributed by atoms with Crippen LogP contribution >= 0.6 is 23.2 Å². The Labute approximate surface area is 170 Å². The van der Waals surface area contributed by atoms with Gasteiger partial charge in [0, 0.05) is 22.6 Å². The molecule has 0 saturated carbocycles. The highest BCUT2D eigenvalue weighted by Crippen LogP contribution is 2.16. The summed E-state index contributed by atoms with van der Waals surface area (Å²) in [4.78, 5) is 0.203. The van der Waals surface area contributed by atoms with Crippen LogP contribution in [0.2, 0.25) is 10.0 Å². The van der Waals surface area contributed by atoms with Crippen molar-refractivity contribution in [2.45, 2.75) is 35.6 Å². The maximum absolute atomic E-state index is 12.4. The van der Waals surface area contributed by atoms with Gasteiger partial charge in [-0.2, -0.15) is 0 Å². The molecule has 2 N–H and O–H groups in total. The molecular formula is C17H20Cl2N2O4S2. The van der Waals surface area contributed by atoms with Crippen molar-refractivity contribution >= 4 is 43.2 Å². The second-order valence-corrected chi connectivity index (χ2v) is 10.2. The van der Waals surface area contributed by atoms with Gasteiger partial charge in [-0.05, 0) is 61.4 Å². The average Bonchev–Trinajstić information content (AvgIpc) is 2.61. The van der Waals surface area contributed by atoms with Gasteiger partial charge in [0.05, 0.1) is 9.79 Å². The Morgan fingerprint density at radius 2 is 1.26 bits per heavy atom. The molecule has 2 rings (SSSR count). The molecule has 0 fully saturated rings. The molecule has 0 saturated heterocycles. The molecule has 0 radical (unpaired) electrons. The fraction of sp³-hybridized carbons (Fsp3) is 0.294. The van der Waals surface area contributed by atoms with Crippen molar-refractivity contribution in [2.75, 3.05) is 6.54 Å². The van der Waals surface area contributed by atoms with Crippen LogP contribution in [-0.4, -0.2) is 29.4 Å². The second-order valence-electron chi connectivity index (χ2n) is 5.82. The predicted molar refractivity (Wildman–Crippen MR) is 107 cm³/mol. The zero-order valence-electron chi connectivity index (χ0n) is 14.5. The second kappa shape index (κ2) is 9.36.